The van der Waals surface area contributed by atoms with Crippen LogP contribution in [0.25, 0.3) is 0 Å². The van der Waals surface area contributed by atoms with E-state index in [1.54, 1.807) is 0 Å². The lowest BCUT2D eigenvalue weighted by Crippen LogP contribution is -2.23. The Labute approximate surface area is 120 Å². The molecule has 4 heteroatoms. The van der Waals surface area contributed by atoms with Crippen LogP contribution in [0.1, 0.15) is 25.2 Å². The minimum absolute atomic E-state index is 0.465. The highest BCUT2D eigenvalue weighted by Gasteiger charge is 2.05. The van der Waals surface area contributed by atoms with Gasteiger partial charge in [0.15, 0.2) is 0 Å². The van der Waals surface area contributed by atoms with Crippen LogP contribution in [-0.4, -0.2) is 23.1 Å². The third-order valence-electron chi connectivity index (χ3n) is 3.00. The molecule has 1 N–H and O–H groups in total. The summed E-state index contributed by atoms with van der Waals surface area (Å²) in [6.07, 6.45) is 1.82. The molecule has 0 aliphatic rings. The second-order valence-electron chi connectivity index (χ2n) is 5.20. The second-order valence-corrected chi connectivity index (χ2v) is 5.20. The molecule has 0 radical (unpaired) electrons. The molecule has 0 unspecified atom stereocenters. The lowest BCUT2D eigenvalue weighted by Gasteiger charge is -2.18. The smallest absolute Gasteiger partial charge is 0.128 e. The molecule has 0 fully saturated rings. The van der Waals surface area contributed by atoms with Gasteiger partial charge in [0.2, 0.25) is 0 Å². The highest BCUT2D eigenvalue weighted by atomic mass is 15.2. The van der Waals surface area contributed by atoms with Gasteiger partial charge in [-0.1, -0.05) is 26.0 Å². The maximum absolute atomic E-state index is 4.68. The minimum Gasteiger partial charge on any atom is -0.354 e. The Bertz CT molecular complexity index is 525. The topological polar surface area (TPSA) is 41.0 Å². The van der Waals surface area contributed by atoms with Crippen LogP contribution in [0, 0.1) is 0 Å². The SMILES string of the molecule is CC(C)NCc1cccc(N(C)Cc2ccccn2)n1. The van der Waals surface area contributed by atoms with Crippen LogP contribution in [0.15, 0.2) is 42.6 Å². The van der Waals surface area contributed by atoms with Crippen molar-refractivity contribution in [1.29, 1.82) is 0 Å². The molecule has 0 aliphatic heterocycles. The van der Waals surface area contributed by atoms with E-state index in [9.17, 15) is 0 Å². The highest BCUT2D eigenvalue weighted by Crippen LogP contribution is 2.12. The molecule has 2 aromatic rings. The maximum Gasteiger partial charge on any atom is 0.128 e. The molecule has 0 aliphatic carbocycles. The van der Waals surface area contributed by atoms with Gasteiger partial charge in [-0.15, -0.1) is 0 Å². The van der Waals surface area contributed by atoms with Gasteiger partial charge in [-0.05, 0) is 24.3 Å². The molecule has 0 saturated heterocycles. The molecule has 106 valence electrons. The van der Waals surface area contributed by atoms with Crippen molar-refractivity contribution in [1.82, 2.24) is 15.3 Å². The quantitative estimate of drug-likeness (QED) is 0.876. The average molecular weight is 270 g/mol. The van der Waals surface area contributed by atoms with Crippen molar-refractivity contribution in [3.63, 3.8) is 0 Å². The van der Waals surface area contributed by atoms with Crippen LogP contribution in [-0.2, 0) is 13.1 Å². The van der Waals surface area contributed by atoms with E-state index >= 15 is 0 Å². The third kappa shape index (κ3) is 4.31. The van der Waals surface area contributed by atoms with Crippen molar-refractivity contribution in [2.24, 2.45) is 0 Å². The molecule has 0 saturated carbocycles. The zero-order valence-corrected chi connectivity index (χ0v) is 12.4. The van der Waals surface area contributed by atoms with Crippen LogP contribution in [0.2, 0.25) is 0 Å². The predicted octanol–water partition coefficient (Wildman–Crippen LogP) is 2.61. The number of aromatic nitrogens is 2. The van der Waals surface area contributed by atoms with E-state index in [1.807, 2.05) is 43.6 Å². The van der Waals surface area contributed by atoms with E-state index in [2.05, 4.69) is 40.1 Å². The fraction of sp³-hybridized carbons (Fsp3) is 0.375. The van der Waals surface area contributed by atoms with E-state index in [0.717, 1.165) is 30.3 Å². The number of anilines is 1. The van der Waals surface area contributed by atoms with Crippen molar-refractivity contribution in [3.05, 3.63) is 54.0 Å². The molecule has 2 heterocycles. The molecule has 4 nitrogen and oxygen atoms in total. The third-order valence-corrected chi connectivity index (χ3v) is 3.00. The molecular formula is C16H22N4. The van der Waals surface area contributed by atoms with Crippen molar-refractivity contribution in [2.75, 3.05) is 11.9 Å². The monoisotopic (exact) mass is 270 g/mol. The molecule has 0 spiro atoms. The number of hydrogen-bond donors (Lipinski definition) is 1. The lowest BCUT2D eigenvalue weighted by atomic mass is 10.3. The predicted molar refractivity (Wildman–Crippen MR) is 82.6 cm³/mol. The Balaban J connectivity index is 2.02. The molecule has 2 rings (SSSR count). The van der Waals surface area contributed by atoms with Crippen LogP contribution in [0.3, 0.4) is 0 Å². The van der Waals surface area contributed by atoms with Crippen molar-refractivity contribution >= 4 is 5.82 Å². The number of rotatable bonds is 6. The van der Waals surface area contributed by atoms with Gasteiger partial charge in [-0.2, -0.15) is 0 Å². The van der Waals surface area contributed by atoms with Crippen LogP contribution in [0.4, 0.5) is 5.82 Å². The summed E-state index contributed by atoms with van der Waals surface area (Å²) in [5, 5.41) is 3.38. The summed E-state index contributed by atoms with van der Waals surface area (Å²) in [4.78, 5) is 11.1. The summed E-state index contributed by atoms with van der Waals surface area (Å²) < 4.78 is 0. The minimum atomic E-state index is 0.465. The fourth-order valence-corrected chi connectivity index (χ4v) is 1.90. The maximum atomic E-state index is 4.68. The van der Waals surface area contributed by atoms with Gasteiger partial charge in [-0.25, -0.2) is 4.98 Å². The summed E-state index contributed by atoms with van der Waals surface area (Å²) >= 11 is 0. The summed E-state index contributed by atoms with van der Waals surface area (Å²) in [7, 11) is 2.04. The molecule has 20 heavy (non-hydrogen) atoms. The zero-order chi connectivity index (χ0) is 14.4. The standard InChI is InChI=1S/C16H22N4/c1-13(2)18-11-14-8-6-9-16(19-14)20(3)12-15-7-4-5-10-17-15/h4-10,13,18H,11-12H2,1-3H3. The number of hydrogen-bond acceptors (Lipinski definition) is 4. The largest absolute Gasteiger partial charge is 0.354 e. The fourth-order valence-electron chi connectivity index (χ4n) is 1.90. The molecular weight excluding hydrogens is 248 g/mol. The molecule has 0 aromatic carbocycles. The summed E-state index contributed by atoms with van der Waals surface area (Å²) in [6.45, 7) is 5.83. The van der Waals surface area contributed by atoms with E-state index < -0.39 is 0 Å². The van der Waals surface area contributed by atoms with Gasteiger partial charge in [-0.3, -0.25) is 4.98 Å². The summed E-state index contributed by atoms with van der Waals surface area (Å²) in [5.74, 6) is 0.971. The van der Waals surface area contributed by atoms with Crippen LogP contribution in [0.5, 0.6) is 0 Å². The van der Waals surface area contributed by atoms with Crippen LogP contribution >= 0.6 is 0 Å². The lowest BCUT2D eigenvalue weighted by molar-refractivity contribution is 0.581. The first-order valence-electron chi connectivity index (χ1n) is 6.95. The van der Waals surface area contributed by atoms with E-state index in [1.165, 1.54) is 0 Å². The first-order valence-corrected chi connectivity index (χ1v) is 6.95. The first kappa shape index (κ1) is 14.5. The second kappa shape index (κ2) is 7.01. The van der Waals surface area contributed by atoms with Crippen molar-refractivity contribution in [2.45, 2.75) is 33.0 Å². The Morgan fingerprint density at radius 1 is 1.10 bits per heavy atom. The van der Waals surface area contributed by atoms with Gasteiger partial charge < -0.3 is 10.2 Å². The van der Waals surface area contributed by atoms with E-state index in [0.29, 0.717) is 6.04 Å². The van der Waals surface area contributed by atoms with Gasteiger partial charge in [0, 0.05) is 25.8 Å². The summed E-state index contributed by atoms with van der Waals surface area (Å²) in [5.41, 5.74) is 2.10. The molecule has 0 bridgehead atoms. The van der Waals surface area contributed by atoms with Gasteiger partial charge in [0.1, 0.15) is 5.82 Å². The Morgan fingerprint density at radius 2 is 1.90 bits per heavy atom. The van der Waals surface area contributed by atoms with Crippen molar-refractivity contribution < 1.29 is 0 Å². The van der Waals surface area contributed by atoms with Gasteiger partial charge in [0.05, 0.1) is 17.9 Å². The normalized spacial score (nSPS) is 10.8. The number of nitrogens with zero attached hydrogens (tertiary/aromatic N) is 3. The van der Waals surface area contributed by atoms with Crippen molar-refractivity contribution in [3.8, 4) is 0 Å². The Hall–Kier alpha value is -1.94. The molecule has 2 aromatic heterocycles. The average Bonchev–Trinajstić information content (AvgIpc) is 2.46. The van der Waals surface area contributed by atoms with E-state index in [4.69, 9.17) is 0 Å². The highest BCUT2D eigenvalue weighted by molar-refractivity contribution is 5.38. The van der Waals surface area contributed by atoms with Gasteiger partial charge >= 0.3 is 0 Å². The Kier molecular flexibility index (Phi) is 5.07. The molecule has 0 atom stereocenters. The zero-order valence-electron chi connectivity index (χ0n) is 12.4. The number of nitrogens with one attached hydrogen (secondary N) is 1. The number of pyridine rings is 2. The Morgan fingerprint density at radius 3 is 2.60 bits per heavy atom. The first-order chi connectivity index (χ1) is 9.65. The molecule has 0 amide bonds. The van der Waals surface area contributed by atoms with Gasteiger partial charge in [0.25, 0.3) is 0 Å². The van der Waals surface area contributed by atoms with E-state index in [-0.39, 0.29) is 0 Å². The van der Waals surface area contributed by atoms with Crippen LogP contribution < -0.4 is 10.2 Å². The summed E-state index contributed by atoms with van der Waals surface area (Å²) in [6, 6.07) is 12.6.